The second-order valence-electron chi connectivity index (χ2n) is 5.34. The van der Waals surface area contributed by atoms with Crippen LogP contribution in [0.15, 0.2) is 18.2 Å². The van der Waals surface area contributed by atoms with Crippen LogP contribution in [0.3, 0.4) is 0 Å². The van der Waals surface area contributed by atoms with E-state index in [1.54, 1.807) is 17.9 Å². The maximum Gasteiger partial charge on any atom is 0.237 e. The van der Waals surface area contributed by atoms with Crippen molar-refractivity contribution in [1.82, 2.24) is 10.2 Å². The van der Waals surface area contributed by atoms with Gasteiger partial charge in [-0.1, -0.05) is 6.07 Å². The lowest BCUT2D eigenvalue weighted by Gasteiger charge is -2.35. The van der Waals surface area contributed by atoms with E-state index in [9.17, 15) is 9.18 Å². The first-order chi connectivity index (χ1) is 9.49. The summed E-state index contributed by atoms with van der Waals surface area (Å²) in [6, 6.07) is 4.67. The lowest BCUT2D eigenvalue weighted by atomic mass is 9.93. The zero-order chi connectivity index (χ0) is 14.7. The molecule has 2 rings (SSSR count). The fourth-order valence-corrected chi connectivity index (χ4v) is 2.62. The topological polar surface area (TPSA) is 52.6 Å². The van der Waals surface area contributed by atoms with Gasteiger partial charge in [0.15, 0.2) is 0 Å². The molecule has 2 atom stereocenters. The van der Waals surface area contributed by atoms with Crippen molar-refractivity contribution >= 4 is 5.91 Å². The number of hydrogen-bond acceptors (Lipinski definition) is 3. The molecular weight excluding hydrogens is 259 g/mol. The minimum absolute atomic E-state index is 0.0203. The van der Waals surface area contributed by atoms with Gasteiger partial charge in [-0.15, -0.1) is 0 Å². The fraction of sp³-hybridized carbons (Fsp3) is 0.533. The van der Waals surface area contributed by atoms with Crippen LogP contribution in [-0.2, 0) is 11.2 Å². The maximum atomic E-state index is 13.3. The second-order valence-corrected chi connectivity index (χ2v) is 5.34. The Bertz CT molecular complexity index is 491. The molecule has 0 saturated carbocycles. The van der Waals surface area contributed by atoms with Crippen molar-refractivity contribution in [3.8, 4) is 0 Å². The Morgan fingerprint density at radius 2 is 2.35 bits per heavy atom. The minimum atomic E-state index is -0.476. The Hall–Kier alpha value is -1.46. The number of hydrogen-bond donors (Lipinski definition) is 2. The highest BCUT2D eigenvalue weighted by atomic mass is 19.1. The van der Waals surface area contributed by atoms with Gasteiger partial charge >= 0.3 is 0 Å². The van der Waals surface area contributed by atoms with Crippen LogP contribution in [0, 0.1) is 5.82 Å². The number of amides is 1. The Kier molecular flexibility index (Phi) is 4.73. The summed E-state index contributed by atoms with van der Waals surface area (Å²) in [5.74, 6) is -0.287. The van der Waals surface area contributed by atoms with E-state index in [4.69, 9.17) is 5.11 Å². The molecule has 1 aromatic rings. The number of carbonyl (C=O) groups is 1. The molecule has 0 saturated heterocycles. The number of aliphatic hydroxyl groups excluding tert-OH is 1. The van der Waals surface area contributed by atoms with Crippen molar-refractivity contribution in [2.75, 3.05) is 19.6 Å². The van der Waals surface area contributed by atoms with E-state index in [1.807, 2.05) is 6.92 Å². The summed E-state index contributed by atoms with van der Waals surface area (Å²) < 4.78 is 13.3. The molecule has 1 aromatic carbocycles. The van der Waals surface area contributed by atoms with Crippen LogP contribution in [-0.4, -0.2) is 41.7 Å². The maximum absolute atomic E-state index is 13.3. The molecule has 4 nitrogen and oxygen atoms in total. The summed E-state index contributed by atoms with van der Waals surface area (Å²) >= 11 is 0. The van der Waals surface area contributed by atoms with Crippen LogP contribution >= 0.6 is 0 Å². The number of rotatable bonds is 4. The Balaban J connectivity index is 2.02. The van der Waals surface area contributed by atoms with Gasteiger partial charge in [-0.2, -0.15) is 0 Å². The van der Waals surface area contributed by atoms with E-state index in [-0.39, 0.29) is 24.3 Å². The van der Waals surface area contributed by atoms with E-state index in [1.165, 1.54) is 12.1 Å². The summed E-state index contributed by atoms with van der Waals surface area (Å²) in [7, 11) is 0. The quantitative estimate of drug-likeness (QED) is 0.872. The first-order valence-electron chi connectivity index (χ1n) is 6.95. The number of aliphatic hydroxyl groups is 1. The molecule has 5 heteroatoms. The summed E-state index contributed by atoms with van der Waals surface area (Å²) in [5.41, 5.74) is 2.00. The number of carbonyl (C=O) groups excluding carboxylic acids is 1. The van der Waals surface area contributed by atoms with Crippen LogP contribution in [0.5, 0.6) is 0 Å². The largest absolute Gasteiger partial charge is 0.392 e. The monoisotopic (exact) mass is 280 g/mol. The van der Waals surface area contributed by atoms with Crippen LogP contribution in [0.25, 0.3) is 0 Å². The first-order valence-corrected chi connectivity index (χ1v) is 6.95. The van der Waals surface area contributed by atoms with E-state index in [0.29, 0.717) is 13.1 Å². The number of fused-ring (bicyclic) bond motifs is 1. The molecule has 0 aliphatic carbocycles. The molecule has 0 spiro atoms. The number of halogens is 1. The molecule has 1 unspecified atom stereocenters. The van der Waals surface area contributed by atoms with Gasteiger partial charge in [0.1, 0.15) is 5.82 Å². The predicted octanol–water partition coefficient (Wildman–Crippen LogP) is 1.24. The molecule has 0 radical (unpaired) electrons. The third kappa shape index (κ3) is 3.35. The van der Waals surface area contributed by atoms with Crippen molar-refractivity contribution in [3.63, 3.8) is 0 Å². The van der Waals surface area contributed by atoms with Gasteiger partial charge in [-0.05, 0) is 43.5 Å². The van der Waals surface area contributed by atoms with Crippen LogP contribution in [0.4, 0.5) is 4.39 Å². The summed E-state index contributed by atoms with van der Waals surface area (Å²) in [6.45, 7) is 4.82. The highest BCUT2D eigenvalue weighted by Gasteiger charge is 2.27. The average Bonchev–Trinajstić information content (AvgIpc) is 2.39. The van der Waals surface area contributed by atoms with E-state index in [0.717, 1.165) is 17.5 Å². The standard InChI is InChI=1S/C15H21FN2O2/c1-10(19)8-17-9-15(20)18-6-5-12-3-4-13(16)7-14(12)11(18)2/h3-4,7,10-11,17,19H,5-6,8-9H2,1-2H3/t10-,11?/m1/s1. The van der Waals surface area contributed by atoms with Gasteiger partial charge in [0.2, 0.25) is 5.91 Å². The minimum Gasteiger partial charge on any atom is -0.392 e. The number of nitrogens with one attached hydrogen (secondary N) is 1. The van der Waals surface area contributed by atoms with Gasteiger partial charge in [0.05, 0.1) is 18.7 Å². The molecule has 20 heavy (non-hydrogen) atoms. The number of benzene rings is 1. The lowest BCUT2D eigenvalue weighted by Crippen LogP contribution is -2.44. The molecule has 2 N–H and O–H groups in total. The van der Waals surface area contributed by atoms with Crippen molar-refractivity contribution < 1.29 is 14.3 Å². The van der Waals surface area contributed by atoms with Crippen LogP contribution < -0.4 is 5.32 Å². The Morgan fingerprint density at radius 1 is 1.60 bits per heavy atom. The van der Waals surface area contributed by atoms with Crippen molar-refractivity contribution in [2.24, 2.45) is 0 Å². The van der Waals surface area contributed by atoms with E-state index >= 15 is 0 Å². The third-order valence-electron chi connectivity index (χ3n) is 3.68. The molecule has 1 heterocycles. The molecule has 1 amide bonds. The second kappa shape index (κ2) is 6.33. The summed E-state index contributed by atoms with van der Waals surface area (Å²) in [6.07, 6.45) is 0.277. The normalized spacial score (nSPS) is 19.6. The first kappa shape index (κ1) is 14.9. The molecule has 110 valence electrons. The van der Waals surface area contributed by atoms with Gasteiger partial charge in [0, 0.05) is 13.1 Å². The molecule has 0 bridgehead atoms. The summed E-state index contributed by atoms with van der Waals surface area (Å²) in [4.78, 5) is 13.9. The van der Waals surface area contributed by atoms with Crippen LogP contribution in [0.1, 0.15) is 31.0 Å². The van der Waals surface area contributed by atoms with Crippen LogP contribution in [0.2, 0.25) is 0 Å². The highest BCUT2D eigenvalue weighted by Crippen LogP contribution is 2.29. The van der Waals surface area contributed by atoms with Gasteiger partial charge in [-0.3, -0.25) is 4.79 Å². The zero-order valence-corrected chi connectivity index (χ0v) is 11.9. The predicted molar refractivity (Wildman–Crippen MR) is 74.8 cm³/mol. The van der Waals surface area contributed by atoms with Gasteiger partial charge in [0.25, 0.3) is 0 Å². The molecule has 1 aliphatic heterocycles. The molecule has 0 fully saturated rings. The zero-order valence-electron chi connectivity index (χ0n) is 11.9. The SMILES string of the molecule is CC1c2cc(F)ccc2CCN1C(=O)CNC[C@@H](C)O. The molecule has 1 aliphatic rings. The van der Waals surface area contributed by atoms with E-state index < -0.39 is 6.10 Å². The third-order valence-corrected chi connectivity index (χ3v) is 3.68. The molecule has 0 aromatic heterocycles. The Labute approximate surface area is 118 Å². The fourth-order valence-electron chi connectivity index (χ4n) is 2.62. The van der Waals surface area contributed by atoms with Gasteiger partial charge < -0.3 is 15.3 Å². The highest BCUT2D eigenvalue weighted by molar-refractivity contribution is 5.79. The smallest absolute Gasteiger partial charge is 0.237 e. The van der Waals surface area contributed by atoms with E-state index in [2.05, 4.69) is 5.32 Å². The van der Waals surface area contributed by atoms with Crippen molar-refractivity contribution in [3.05, 3.63) is 35.1 Å². The Morgan fingerprint density at radius 3 is 3.05 bits per heavy atom. The van der Waals surface area contributed by atoms with Crippen molar-refractivity contribution in [2.45, 2.75) is 32.4 Å². The average molecular weight is 280 g/mol. The van der Waals surface area contributed by atoms with Gasteiger partial charge in [-0.25, -0.2) is 4.39 Å². The molecular formula is C15H21FN2O2. The number of nitrogens with zero attached hydrogens (tertiary/aromatic N) is 1. The van der Waals surface area contributed by atoms with Crippen molar-refractivity contribution in [1.29, 1.82) is 0 Å². The summed E-state index contributed by atoms with van der Waals surface area (Å²) in [5, 5.41) is 12.1. The lowest BCUT2D eigenvalue weighted by molar-refractivity contribution is -0.132.